The van der Waals surface area contributed by atoms with Crippen molar-refractivity contribution in [3.8, 4) is 5.75 Å². The van der Waals surface area contributed by atoms with Gasteiger partial charge in [0.2, 0.25) is 0 Å². The molecule has 1 aromatic heterocycles. The fourth-order valence-corrected chi connectivity index (χ4v) is 2.08. The van der Waals surface area contributed by atoms with Gasteiger partial charge in [-0.1, -0.05) is 13.0 Å². The van der Waals surface area contributed by atoms with Crippen molar-refractivity contribution in [2.45, 2.75) is 13.0 Å². The molecule has 0 saturated carbocycles. The molecule has 0 saturated heterocycles. The molecule has 1 heterocycles. The molecule has 2 aromatic rings. The van der Waals surface area contributed by atoms with Gasteiger partial charge in [-0.25, -0.2) is 4.39 Å². The maximum Gasteiger partial charge on any atom is 0.165 e. The first-order valence-electron chi connectivity index (χ1n) is 6.21. The van der Waals surface area contributed by atoms with Gasteiger partial charge in [0.05, 0.1) is 19.3 Å². The number of aromatic nitrogens is 2. The summed E-state index contributed by atoms with van der Waals surface area (Å²) in [4.78, 5) is 0. The van der Waals surface area contributed by atoms with Gasteiger partial charge < -0.3 is 10.1 Å². The van der Waals surface area contributed by atoms with Gasteiger partial charge >= 0.3 is 0 Å². The van der Waals surface area contributed by atoms with E-state index >= 15 is 0 Å². The number of nitrogens with one attached hydrogen (secondary N) is 1. The molecule has 1 aromatic carbocycles. The molecular weight excluding hydrogens is 245 g/mol. The zero-order valence-electron chi connectivity index (χ0n) is 11.4. The van der Waals surface area contributed by atoms with Gasteiger partial charge in [-0.15, -0.1) is 0 Å². The predicted octanol–water partition coefficient (Wildman–Crippen LogP) is 2.27. The molecule has 0 aliphatic rings. The van der Waals surface area contributed by atoms with Gasteiger partial charge in [0.15, 0.2) is 11.6 Å². The first kappa shape index (κ1) is 13.5. The molecule has 0 radical (unpaired) electrons. The first-order valence-corrected chi connectivity index (χ1v) is 6.21. The van der Waals surface area contributed by atoms with Gasteiger partial charge in [0.1, 0.15) is 0 Å². The number of benzene rings is 1. The largest absolute Gasteiger partial charge is 0.494 e. The SMILES string of the molecule is CCNC(c1ccc(OC)c(F)c1)c1cnn(C)c1. The molecule has 102 valence electrons. The summed E-state index contributed by atoms with van der Waals surface area (Å²) in [5.74, 6) is -0.100. The second kappa shape index (κ2) is 5.84. The van der Waals surface area contributed by atoms with Crippen molar-refractivity contribution in [2.24, 2.45) is 7.05 Å². The average Bonchev–Trinajstić information content (AvgIpc) is 2.82. The van der Waals surface area contributed by atoms with Crippen LogP contribution in [0.25, 0.3) is 0 Å². The highest BCUT2D eigenvalue weighted by Gasteiger charge is 2.16. The predicted molar refractivity (Wildman–Crippen MR) is 71.7 cm³/mol. The van der Waals surface area contributed by atoms with Crippen molar-refractivity contribution in [1.29, 1.82) is 0 Å². The third-order valence-electron chi connectivity index (χ3n) is 2.98. The van der Waals surface area contributed by atoms with E-state index in [1.165, 1.54) is 13.2 Å². The molecular formula is C14H18FN3O. The summed E-state index contributed by atoms with van der Waals surface area (Å²) in [6.07, 6.45) is 3.71. The number of halogens is 1. The quantitative estimate of drug-likeness (QED) is 0.899. The fourth-order valence-electron chi connectivity index (χ4n) is 2.08. The maximum atomic E-state index is 13.8. The van der Waals surface area contributed by atoms with E-state index < -0.39 is 0 Å². The lowest BCUT2D eigenvalue weighted by Gasteiger charge is -2.17. The number of hydrogen-bond acceptors (Lipinski definition) is 3. The van der Waals surface area contributed by atoms with E-state index in [2.05, 4.69) is 10.4 Å². The lowest BCUT2D eigenvalue weighted by atomic mass is 10.0. The minimum atomic E-state index is -0.355. The Labute approximate surface area is 112 Å². The van der Waals surface area contributed by atoms with Gasteiger partial charge in [0, 0.05) is 18.8 Å². The van der Waals surface area contributed by atoms with Gasteiger partial charge in [-0.3, -0.25) is 4.68 Å². The van der Waals surface area contributed by atoms with Crippen molar-refractivity contribution in [1.82, 2.24) is 15.1 Å². The van der Waals surface area contributed by atoms with E-state index in [1.54, 1.807) is 16.9 Å². The molecule has 0 aliphatic carbocycles. The molecule has 19 heavy (non-hydrogen) atoms. The number of ether oxygens (including phenoxy) is 1. The molecule has 0 spiro atoms. The second-order valence-electron chi connectivity index (χ2n) is 4.33. The summed E-state index contributed by atoms with van der Waals surface area (Å²) >= 11 is 0. The Kier molecular flexibility index (Phi) is 4.16. The Morgan fingerprint density at radius 1 is 1.42 bits per heavy atom. The van der Waals surface area contributed by atoms with Crippen molar-refractivity contribution in [3.63, 3.8) is 0 Å². The zero-order valence-corrected chi connectivity index (χ0v) is 11.4. The van der Waals surface area contributed by atoms with E-state index in [-0.39, 0.29) is 17.6 Å². The highest BCUT2D eigenvalue weighted by atomic mass is 19.1. The van der Waals surface area contributed by atoms with E-state index in [1.807, 2.05) is 26.2 Å². The maximum absolute atomic E-state index is 13.8. The monoisotopic (exact) mass is 263 g/mol. The third kappa shape index (κ3) is 2.93. The van der Waals surface area contributed by atoms with Crippen LogP contribution >= 0.6 is 0 Å². The average molecular weight is 263 g/mol. The number of rotatable bonds is 5. The lowest BCUT2D eigenvalue weighted by Crippen LogP contribution is -2.21. The first-order chi connectivity index (χ1) is 9.15. The van der Waals surface area contributed by atoms with E-state index in [9.17, 15) is 4.39 Å². The van der Waals surface area contributed by atoms with Gasteiger partial charge in [0.25, 0.3) is 0 Å². The highest BCUT2D eigenvalue weighted by molar-refractivity contribution is 5.35. The molecule has 0 amide bonds. The molecule has 1 unspecified atom stereocenters. The molecule has 0 aliphatic heterocycles. The Hall–Kier alpha value is -1.88. The molecule has 1 N–H and O–H groups in total. The molecule has 5 heteroatoms. The van der Waals surface area contributed by atoms with Crippen LogP contribution < -0.4 is 10.1 Å². The summed E-state index contributed by atoms with van der Waals surface area (Å²) in [5, 5.41) is 7.49. The highest BCUT2D eigenvalue weighted by Crippen LogP contribution is 2.26. The Morgan fingerprint density at radius 3 is 2.74 bits per heavy atom. The van der Waals surface area contributed by atoms with E-state index in [4.69, 9.17) is 4.74 Å². The molecule has 0 fully saturated rings. The molecule has 1 atom stereocenters. The summed E-state index contributed by atoms with van der Waals surface area (Å²) in [6, 6.07) is 4.94. The van der Waals surface area contributed by atoms with Crippen molar-refractivity contribution >= 4 is 0 Å². The summed E-state index contributed by atoms with van der Waals surface area (Å²) < 4.78 is 20.5. The molecule has 4 nitrogen and oxygen atoms in total. The topological polar surface area (TPSA) is 39.1 Å². The Balaban J connectivity index is 2.36. The summed E-state index contributed by atoms with van der Waals surface area (Å²) in [6.45, 7) is 2.80. The number of hydrogen-bond donors (Lipinski definition) is 1. The van der Waals surface area contributed by atoms with Crippen LogP contribution in [0.5, 0.6) is 5.75 Å². The standard InChI is InChI=1S/C14H18FN3O/c1-4-16-14(11-8-17-18(2)9-11)10-5-6-13(19-3)12(15)7-10/h5-9,14,16H,4H2,1-3H3. The minimum absolute atomic E-state index is 0.0703. The normalized spacial score (nSPS) is 12.4. The smallest absolute Gasteiger partial charge is 0.165 e. The number of aryl methyl sites for hydroxylation is 1. The molecule has 2 rings (SSSR count). The number of nitrogens with zero attached hydrogens (tertiary/aromatic N) is 2. The third-order valence-corrected chi connectivity index (χ3v) is 2.98. The van der Waals surface area contributed by atoms with E-state index in [0.717, 1.165) is 17.7 Å². The van der Waals surface area contributed by atoms with Gasteiger partial charge in [-0.2, -0.15) is 5.10 Å². The Morgan fingerprint density at radius 2 is 2.21 bits per heavy atom. The van der Waals surface area contributed by atoms with Crippen molar-refractivity contribution in [3.05, 3.63) is 47.5 Å². The van der Waals surface area contributed by atoms with Crippen LogP contribution in [-0.4, -0.2) is 23.4 Å². The Bertz CT molecular complexity index is 553. The summed E-state index contributed by atoms with van der Waals surface area (Å²) in [5.41, 5.74) is 1.86. The number of methoxy groups -OCH3 is 1. The fraction of sp³-hybridized carbons (Fsp3) is 0.357. The van der Waals surface area contributed by atoms with Crippen LogP contribution in [0.1, 0.15) is 24.1 Å². The minimum Gasteiger partial charge on any atom is -0.494 e. The van der Waals surface area contributed by atoms with Gasteiger partial charge in [-0.05, 0) is 24.2 Å². The van der Waals surface area contributed by atoms with Crippen molar-refractivity contribution in [2.75, 3.05) is 13.7 Å². The van der Waals surface area contributed by atoms with Crippen LogP contribution in [0.4, 0.5) is 4.39 Å². The van der Waals surface area contributed by atoms with Crippen LogP contribution in [0.3, 0.4) is 0 Å². The molecule has 0 bridgehead atoms. The van der Waals surface area contributed by atoms with E-state index in [0.29, 0.717) is 0 Å². The van der Waals surface area contributed by atoms with Crippen molar-refractivity contribution < 1.29 is 9.13 Å². The zero-order chi connectivity index (χ0) is 13.8. The van der Waals surface area contributed by atoms with Crippen LogP contribution in [0.2, 0.25) is 0 Å². The lowest BCUT2D eigenvalue weighted by molar-refractivity contribution is 0.385. The summed E-state index contributed by atoms with van der Waals surface area (Å²) in [7, 11) is 3.32. The second-order valence-corrected chi connectivity index (χ2v) is 4.33. The van der Waals surface area contributed by atoms with Crippen LogP contribution in [-0.2, 0) is 7.05 Å². The van der Waals surface area contributed by atoms with Crippen LogP contribution in [0, 0.1) is 5.82 Å². The van der Waals surface area contributed by atoms with Crippen LogP contribution in [0.15, 0.2) is 30.6 Å².